The SMILES string of the molecule is CCOCC(=O)N1CCO[C@@H]2[C@@H](OCCN3CCCC3)CC[C@H]21. The van der Waals surface area contributed by atoms with Crippen molar-refractivity contribution in [2.75, 3.05) is 52.6 Å². The monoisotopic (exact) mass is 326 g/mol. The van der Waals surface area contributed by atoms with E-state index in [2.05, 4.69) is 4.90 Å². The number of fused-ring (bicyclic) bond motifs is 1. The van der Waals surface area contributed by atoms with Gasteiger partial charge < -0.3 is 24.0 Å². The van der Waals surface area contributed by atoms with Gasteiger partial charge in [0, 0.05) is 19.7 Å². The summed E-state index contributed by atoms with van der Waals surface area (Å²) in [4.78, 5) is 16.7. The largest absolute Gasteiger partial charge is 0.374 e. The minimum atomic E-state index is 0.0351. The molecule has 2 aliphatic heterocycles. The normalized spacial score (nSPS) is 31.5. The van der Waals surface area contributed by atoms with E-state index in [1.54, 1.807) is 0 Å². The third-order valence-corrected chi connectivity index (χ3v) is 5.22. The molecule has 23 heavy (non-hydrogen) atoms. The van der Waals surface area contributed by atoms with Gasteiger partial charge in [-0.3, -0.25) is 4.79 Å². The van der Waals surface area contributed by atoms with Crippen LogP contribution in [-0.2, 0) is 19.0 Å². The predicted molar refractivity (Wildman–Crippen MR) is 86.4 cm³/mol. The van der Waals surface area contributed by atoms with Crippen LogP contribution in [-0.4, -0.2) is 86.6 Å². The maximum Gasteiger partial charge on any atom is 0.248 e. The third kappa shape index (κ3) is 4.24. The van der Waals surface area contributed by atoms with Crippen molar-refractivity contribution >= 4 is 5.91 Å². The fraction of sp³-hybridized carbons (Fsp3) is 0.941. The number of carbonyl (C=O) groups excluding carboxylic acids is 1. The number of amides is 1. The fourth-order valence-corrected chi connectivity index (χ4v) is 4.02. The highest BCUT2D eigenvalue weighted by Gasteiger charge is 2.44. The molecule has 0 unspecified atom stereocenters. The molecule has 3 atom stereocenters. The number of likely N-dealkylation sites (tertiary alicyclic amines) is 1. The predicted octanol–water partition coefficient (Wildman–Crippen LogP) is 0.894. The second-order valence-electron chi connectivity index (χ2n) is 6.66. The molecule has 1 amide bonds. The molecule has 0 spiro atoms. The Morgan fingerprint density at radius 3 is 2.83 bits per heavy atom. The van der Waals surface area contributed by atoms with Crippen LogP contribution in [0.2, 0.25) is 0 Å². The Morgan fingerprint density at radius 1 is 1.22 bits per heavy atom. The Hall–Kier alpha value is -0.690. The Morgan fingerprint density at radius 2 is 2.04 bits per heavy atom. The van der Waals surface area contributed by atoms with Gasteiger partial charge in [-0.2, -0.15) is 0 Å². The van der Waals surface area contributed by atoms with E-state index in [0.29, 0.717) is 19.8 Å². The standard InChI is InChI=1S/C17H30N2O4/c1-2-21-13-16(20)19-10-12-23-17-14(19)5-6-15(17)22-11-9-18-7-3-4-8-18/h14-15,17H,2-13H2,1H3/t14-,15+,17+/m1/s1. The second-order valence-corrected chi connectivity index (χ2v) is 6.66. The van der Waals surface area contributed by atoms with Crippen molar-refractivity contribution in [3.8, 4) is 0 Å². The summed E-state index contributed by atoms with van der Waals surface area (Å²) in [5.41, 5.74) is 0. The molecule has 0 bridgehead atoms. The van der Waals surface area contributed by atoms with E-state index in [1.807, 2.05) is 11.8 Å². The van der Waals surface area contributed by atoms with Crippen molar-refractivity contribution in [2.24, 2.45) is 0 Å². The average molecular weight is 326 g/mol. The first-order valence-corrected chi connectivity index (χ1v) is 9.12. The number of hydrogen-bond acceptors (Lipinski definition) is 5. The molecule has 6 nitrogen and oxygen atoms in total. The molecule has 1 aliphatic carbocycles. The summed E-state index contributed by atoms with van der Waals surface area (Å²) in [5.74, 6) is 0.0860. The van der Waals surface area contributed by atoms with Gasteiger partial charge in [0.1, 0.15) is 12.7 Å². The van der Waals surface area contributed by atoms with Gasteiger partial charge in [-0.25, -0.2) is 0 Å². The lowest BCUT2D eigenvalue weighted by atomic mass is 10.1. The van der Waals surface area contributed by atoms with Crippen LogP contribution >= 0.6 is 0 Å². The minimum absolute atomic E-state index is 0.0351. The van der Waals surface area contributed by atoms with E-state index in [-0.39, 0.29) is 30.8 Å². The highest BCUT2D eigenvalue weighted by Crippen LogP contribution is 2.32. The summed E-state index contributed by atoms with van der Waals surface area (Å²) in [5, 5.41) is 0. The average Bonchev–Trinajstić information content (AvgIpc) is 3.22. The van der Waals surface area contributed by atoms with E-state index in [0.717, 1.165) is 26.0 Å². The molecule has 6 heteroatoms. The number of nitrogens with zero attached hydrogens (tertiary/aromatic N) is 2. The van der Waals surface area contributed by atoms with Gasteiger partial charge in [0.25, 0.3) is 0 Å². The highest BCUT2D eigenvalue weighted by atomic mass is 16.5. The molecular weight excluding hydrogens is 296 g/mol. The minimum Gasteiger partial charge on any atom is -0.374 e. The van der Waals surface area contributed by atoms with Crippen LogP contribution in [0.4, 0.5) is 0 Å². The van der Waals surface area contributed by atoms with Crippen molar-refractivity contribution in [2.45, 2.75) is 50.9 Å². The zero-order valence-corrected chi connectivity index (χ0v) is 14.2. The molecule has 3 fully saturated rings. The summed E-state index contributed by atoms with van der Waals surface area (Å²) in [7, 11) is 0. The molecule has 0 aromatic rings. The zero-order chi connectivity index (χ0) is 16.1. The number of rotatable bonds is 7. The van der Waals surface area contributed by atoms with E-state index in [1.165, 1.54) is 25.9 Å². The van der Waals surface area contributed by atoms with Crippen molar-refractivity contribution in [1.82, 2.24) is 9.80 Å². The lowest BCUT2D eigenvalue weighted by molar-refractivity contribution is -0.155. The van der Waals surface area contributed by atoms with Crippen LogP contribution in [0.1, 0.15) is 32.6 Å². The van der Waals surface area contributed by atoms with Crippen LogP contribution in [0.25, 0.3) is 0 Å². The first-order chi connectivity index (χ1) is 11.3. The Kier molecular flexibility index (Phi) is 6.28. The van der Waals surface area contributed by atoms with Gasteiger partial charge in [-0.05, 0) is 45.7 Å². The Balaban J connectivity index is 1.46. The maximum atomic E-state index is 12.3. The van der Waals surface area contributed by atoms with Gasteiger partial charge in [0.15, 0.2) is 0 Å². The molecule has 2 saturated heterocycles. The molecule has 0 aromatic heterocycles. The summed E-state index contributed by atoms with van der Waals surface area (Å²) in [6, 6.07) is 0.161. The van der Waals surface area contributed by atoms with Gasteiger partial charge in [-0.1, -0.05) is 0 Å². The molecule has 0 aromatic carbocycles. The second kappa shape index (κ2) is 8.42. The van der Waals surface area contributed by atoms with Crippen molar-refractivity contribution in [3.63, 3.8) is 0 Å². The van der Waals surface area contributed by atoms with E-state index in [4.69, 9.17) is 14.2 Å². The van der Waals surface area contributed by atoms with Gasteiger partial charge in [0.2, 0.25) is 5.91 Å². The number of hydrogen-bond donors (Lipinski definition) is 0. The van der Waals surface area contributed by atoms with E-state index in [9.17, 15) is 4.79 Å². The van der Waals surface area contributed by atoms with Crippen molar-refractivity contribution < 1.29 is 19.0 Å². The van der Waals surface area contributed by atoms with Crippen LogP contribution in [0.15, 0.2) is 0 Å². The van der Waals surface area contributed by atoms with Gasteiger partial charge in [-0.15, -0.1) is 0 Å². The number of ether oxygens (including phenoxy) is 3. The fourth-order valence-electron chi connectivity index (χ4n) is 4.02. The molecule has 0 N–H and O–H groups in total. The van der Waals surface area contributed by atoms with Crippen LogP contribution in [0, 0.1) is 0 Å². The van der Waals surface area contributed by atoms with Crippen LogP contribution in [0.5, 0.6) is 0 Å². The van der Waals surface area contributed by atoms with Crippen LogP contribution < -0.4 is 0 Å². The van der Waals surface area contributed by atoms with Gasteiger partial charge >= 0.3 is 0 Å². The summed E-state index contributed by atoms with van der Waals surface area (Å²) < 4.78 is 17.3. The maximum absolute atomic E-state index is 12.3. The smallest absolute Gasteiger partial charge is 0.248 e. The first-order valence-electron chi connectivity index (χ1n) is 9.12. The first kappa shape index (κ1) is 17.1. The topological polar surface area (TPSA) is 51.2 Å². The Labute approximate surface area is 139 Å². The highest BCUT2D eigenvalue weighted by molar-refractivity contribution is 5.78. The van der Waals surface area contributed by atoms with Crippen LogP contribution in [0.3, 0.4) is 0 Å². The molecule has 3 rings (SSSR count). The lowest BCUT2D eigenvalue weighted by Crippen LogP contribution is -2.54. The van der Waals surface area contributed by atoms with Gasteiger partial charge in [0.05, 0.1) is 25.4 Å². The van der Waals surface area contributed by atoms with E-state index < -0.39 is 0 Å². The zero-order valence-electron chi connectivity index (χ0n) is 14.2. The molecule has 132 valence electrons. The molecule has 0 radical (unpaired) electrons. The molecule has 1 saturated carbocycles. The van der Waals surface area contributed by atoms with Crippen molar-refractivity contribution in [3.05, 3.63) is 0 Å². The number of morpholine rings is 1. The molecule has 3 aliphatic rings. The quantitative estimate of drug-likeness (QED) is 0.696. The lowest BCUT2D eigenvalue weighted by Gasteiger charge is -2.39. The molecule has 2 heterocycles. The molecular formula is C17H30N2O4. The third-order valence-electron chi connectivity index (χ3n) is 5.22. The van der Waals surface area contributed by atoms with Crippen molar-refractivity contribution in [1.29, 1.82) is 0 Å². The number of carbonyl (C=O) groups is 1. The summed E-state index contributed by atoms with van der Waals surface area (Å²) >= 11 is 0. The summed E-state index contributed by atoms with van der Waals surface area (Å²) in [6.45, 7) is 8.14. The van der Waals surface area contributed by atoms with E-state index >= 15 is 0 Å². The Bertz CT molecular complexity index is 387. The summed E-state index contributed by atoms with van der Waals surface area (Å²) in [6.07, 6.45) is 4.74.